The van der Waals surface area contributed by atoms with Gasteiger partial charge in [0.25, 0.3) is 5.91 Å². The summed E-state index contributed by atoms with van der Waals surface area (Å²) in [5, 5.41) is 22.3. The first-order valence-corrected chi connectivity index (χ1v) is 16.7. The van der Waals surface area contributed by atoms with Crippen molar-refractivity contribution < 1.29 is 38.1 Å². The number of halogens is 2. The Labute approximate surface area is 273 Å². The number of ether oxygens (including phenoxy) is 2. The summed E-state index contributed by atoms with van der Waals surface area (Å²) in [6.07, 6.45) is 8.93. The summed E-state index contributed by atoms with van der Waals surface area (Å²) >= 11 is 3.09. The fourth-order valence-corrected chi connectivity index (χ4v) is 5.56. The minimum atomic E-state index is -1.29. The number of nitrogens with zero attached hydrogens (tertiary/aromatic N) is 2. The van der Waals surface area contributed by atoms with E-state index in [1.165, 1.54) is 11.8 Å². The number of benzene rings is 2. The van der Waals surface area contributed by atoms with Gasteiger partial charge >= 0.3 is 5.97 Å². The van der Waals surface area contributed by atoms with Gasteiger partial charge in [0.05, 0.1) is 24.0 Å². The van der Waals surface area contributed by atoms with Crippen LogP contribution >= 0.6 is 23.5 Å². The Kier molecular flexibility index (Phi) is 12.0. The van der Waals surface area contributed by atoms with Crippen LogP contribution in [0.2, 0.25) is 0 Å². The predicted molar refractivity (Wildman–Crippen MR) is 172 cm³/mol. The number of amides is 1. The van der Waals surface area contributed by atoms with Gasteiger partial charge in [-0.05, 0) is 80.8 Å². The van der Waals surface area contributed by atoms with Crippen LogP contribution in [0.25, 0.3) is 0 Å². The van der Waals surface area contributed by atoms with Crippen LogP contribution in [0.4, 0.5) is 8.78 Å². The maximum atomic E-state index is 13.7. The highest BCUT2D eigenvalue weighted by Crippen LogP contribution is 2.31. The molecule has 0 bridgehead atoms. The molecule has 3 N–H and O–H groups in total. The van der Waals surface area contributed by atoms with Crippen LogP contribution in [0, 0.1) is 11.6 Å². The van der Waals surface area contributed by atoms with E-state index in [1.54, 1.807) is 43.0 Å². The molecule has 2 aromatic carbocycles. The van der Waals surface area contributed by atoms with Crippen molar-refractivity contribution >= 4 is 35.4 Å². The molecule has 2 aromatic heterocycles. The molecule has 13 heteroatoms. The first-order chi connectivity index (χ1) is 22.0. The zero-order valence-electron chi connectivity index (χ0n) is 25.3. The fraction of sp³-hybridized carbons (Fsp3) is 0.273. The number of aromatic carboxylic acids is 1. The van der Waals surface area contributed by atoms with Crippen LogP contribution in [-0.2, 0) is 0 Å². The highest BCUT2D eigenvalue weighted by Gasteiger charge is 2.36. The van der Waals surface area contributed by atoms with E-state index < -0.39 is 35.2 Å². The van der Waals surface area contributed by atoms with E-state index in [4.69, 9.17) is 14.6 Å². The molecule has 2 unspecified atom stereocenters. The highest BCUT2D eigenvalue weighted by atomic mass is 32.2. The number of hydrogen-bond donors (Lipinski definition) is 3. The normalized spacial score (nSPS) is 17.3. The van der Waals surface area contributed by atoms with Crippen LogP contribution in [0.5, 0.6) is 23.3 Å². The van der Waals surface area contributed by atoms with E-state index in [1.807, 2.05) is 36.8 Å². The Bertz CT molecular complexity index is 1690. The Hall–Kier alpha value is -4.20. The van der Waals surface area contributed by atoms with E-state index in [2.05, 4.69) is 15.3 Å². The summed E-state index contributed by atoms with van der Waals surface area (Å²) in [5.41, 5.74) is -1.29. The SMILES string of the molecule is CSc1cccc(Oc2ncc(F)cc2C(=O)NC2CCCCC2(C)O)c1.CSc1cccc(Oc2ncc(F)cc2C(=O)O)c1. The summed E-state index contributed by atoms with van der Waals surface area (Å²) in [7, 11) is 0. The van der Waals surface area contributed by atoms with E-state index in [0.717, 1.165) is 47.2 Å². The molecule has 9 nitrogen and oxygen atoms in total. The lowest BCUT2D eigenvalue weighted by atomic mass is 9.81. The summed E-state index contributed by atoms with van der Waals surface area (Å²) in [6, 6.07) is 16.0. The van der Waals surface area contributed by atoms with Crippen LogP contribution in [0.3, 0.4) is 0 Å². The van der Waals surface area contributed by atoms with Crippen molar-refractivity contribution in [1.29, 1.82) is 0 Å². The molecule has 0 radical (unpaired) electrons. The number of thioether (sulfide) groups is 2. The van der Waals surface area contributed by atoms with Gasteiger partial charge in [0.2, 0.25) is 11.8 Å². The Morgan fingerprint density at radius 3 is 1.89 bits per heavy atom. The lowest BCUT2D eigenvalue weighted by Crippen LogP contribution is -2.52. The number of hydrogen-bond acceptors (Lipinski definition) is 9. The minimum absolute atomic E-state index is 0.00549. The molecule has 2 atom stereocenters. The number of carbonyl (C=O) groups excluding carboxylic acids is 1. The fourth-order valence-electron chi connectivity index (χ4n) is 4.66. The Morgan fingerprint density at radius 1 is 0.870 bits per heavy atom. The molecule has 1 saturated carbocycles. The first kappa shape index (κ1) is 34.7. The third-order valence-corrected chi connectivity index (χ3v) is 8.55. The van der Waals surface area contributed by atoms with Crippen molar-refractivity contribution in [3.05, 3.63) is 95.8 Å². The van der Waals surface area contributed by atoms with Gasteiger partial charge in [-0.25, -0.2) is 23.5 Å². The van der Waals surface area contributed by atoms with Gasteiger partial charge in [-0.2, -0.15) is 0 Å². The summed E-state index contributed by atoms with van der Waals surface area (Å²) < 4.78 is 37.9. The van der Waals surface area contributed by atoms with Gasteiger partial charge in [0.15, 0.2) is 0 Å². The van der Waals surface area contributed by atoms with E-state index in [0.29, 0.717) is 24.3 Å². The average Bonchev–Trinajstić information content (AvgIpc) is 3.04. The number of aromatic nitrogens is 2. The van der Waals surface area contributed by atoms with Crippen LogP contribution in [0.15, 0.2) is 82.8 Å². The topological polar surface area (TPSA) is 131 Å². The van der Waals surface area contributed by atoms with Gasteiger partial charge in [-0.3, -0.25) is 4.79 Å². The Balaban J connectivity index is 0.000000222. The predicted octanol–water partition coefficient (Wildman–Crippen LogP) is 7.59. The molecule has 1 fully saturated rings. The zero-order valence-corrected chi connectivity index (χ0v) is 27.0. The molecule has 2 heterocycles. The summed E-state index contributed by atoms with van der Waals surface area (Å²) in [6.45, 7) is 1.71. The van der Waals surface area contributed by atoms with Gasteiger partial charge in [-0.1, -0.05) is 25.0 Å². The van der Waals surface area contributed by atoms with Gasteiger partial charge < -0.3 is 25.0 Å². The zero-order chi connectivity index (χ0) is 33.3. The second kappa shape index (κ2) is 15.9. The standard InChI is InChI=1S/C20H23FN2O3S.C13H10FNO3S/c1-20(25)9-4-3-8-17(20)23-18(24)16-10-13(21)12-22-19(16)26-14-6-5-7-15(11-14)27-2;1-19-10-4-2-3-9(6-10)18-12-11(13(16)17)5-8(14)7-15-12/h5-7,10-12,17,25H,3-4,8-9H2,1-2H3,(H,23,24);2-7H,1H3,(H,16,17). The molecule has 1 aliphatic carbocycles. The van der Waals surface area contributed by atoms with Crippen molar-refractivity contribution in [1.82, 2.24) is 15.3 Å². The number of carboxylic acids is 1. The largest absolute Gasteiger partial charge is 0.477 e. The number of carboxylic acid groups (broad SMARTS) is 1. The smallest absolute Gasteiger partial charge is 0.341 e. The molecule has 5 rings (SSSR count). The molecule has 0 spiro atoms. The Morgan fingerprint density at radius 2 is 1.39 bits per heavy atom. The average molecular weight is 670 g/mol. The molecule has 0 aliphatic heterocycles. The van der Waals surface area contributed by atoms with Crippen LogP contribution < -0.4 is 14.8 Å². The molecule has 242 valence electrons. The number of carbonyl (C=O) groups is 2. The maximum Gasteiger partial charge on any atom is 0.341 e. The third-order valence-electron chi connectivity index (χ3n) is 7.10. The molecule has 1 aliphatic rings. The van der Waals surface area contributed by atoms with Crippen molar-refractivity contribution in [3.63, 3.8) is 0 Å². The number of pyridine rings is 2. The highest BCUT2D eigenvalue weighted by molar-refractivity contribution is 7.98. The van der Waals surface area contributed by atoms with Crippen LogP contribution in [-0.4, -0.2) is 56.2 Å². The van der Waals surface area contributed by atoms with E-state index >= 15 is 0 Å². The molecular weight excluding hydrogens is 637 g/mol. The monoisotopic (exact) mass is 669 g/mol. The molecule has 46 heavy (non-hydrogen) atoms. The number of rotatable bonds is 9. The second-order valence-corrected chi connectivity index (χ2v) is 12.3. The van der Waals surface area contributed by atoms with Gasteiger partial charge in [-0.15, -0.1) is 23.5 Å². The summed E-state index contributed by atoms with van der Waals surface area (Å²) in [5.74, 6) is -2.28. The maximum absolute atomic E-state index is 13.7. The first-order valence-electron chi connectivity index (χ1n) is 14.2. The summed E-state index contributed by atoms with van der Waals surface area (Å²) in [4.78, 5) is 33.4. The van der Waals surface area contributed by atoms with Crippen LogP contribution in [0.1, 0.15) is 53.3 Å². The van der Waals surface area contributed by atoms with E-state index in [9.17, 15) is 23.5 Å². The third kappa shape index (κ3) is 9.41. The minimum Gasteiger partial charge on any atom is -0.477 e. The van der Waals surface area contributed by atoms with Crippen molar-refractivity contribution in [3.8, 4) is 23.3 Å². The molecular formula is C33H33F2N3O6S2. The quantitative estimate of drug-likeness (QED) is 0.153. The second-order valence-electron chi connectivity index (χ2n) is 10.5. The lowest BCUT2D eigenvalue weighted by molar-refractivity contribution is -0.00866. The van der Waals surface area contributed by atoms with Gasteiger partial charge in [0.1, 0.15) is 34.3 Å². The van der Waals surface area contributed by atoms with Crippen molar-refractivity contribution in [2.45, 2.75) is 54.0 Å². The van der Waals surface area contributed by atoms with Gasteiger partial charge in [0, 0.05) is 9.79 Å². The van der Waals surface area contributed by atoms with E-state index in [-0.39, 0.29) is 22.9 Å². The number of nitrogens with one attached hydrogen (secondary N) is 1. The number of aliphatic hydroxyl groups is 1. The lowest BCUT2D eigenvalue weighted by Gasteiger charge is -2.37. The van der Waals surface area contributed by atoms with Crippen molar-refractivity contribution in [2.75, 3.05) is 12.5 Å². The van der Waals surface area contributed by atoms with Crippen molar-refractivity contribution in [2.24, 2.45) is 0 Å². The molecule has 0 saturated heterocycles. The molecule has 1 amide bonds. The molecule has 4 aromatic rings.